The molecule has 0 aliphatic heterocycles. The van der Waals surface area contributed by atoms with Crippen LogP contribution >= 0.6 is 11.3 Å². The maximum absolute atomic E-state index is 11.8. The van der Waals surface area contributed by atoms with Crippen molar-refractivity contribution in [3.05, 3.63) is 51.3 Å². The number of rotatable bonds is 5. The minimum Gasteiger partial charge on any atom is -0.448 e. The Labute approximate surface area is 141 Å². The Morgan fingerprint density at radius 3 is 2.52 bits per heavy atom. The Morgan fingerprint density at radius 1 is 1.26 bits per heavy atom. The van der Waals surface area contributed by atoms with Crippen LogP contribution in [0.15, 0.2) is 35.3 Å². The number of thiazole rings is 1. The first-order valence-corrected chi connectivity index (χ1v) is 8.86. The molecule has 2 aromatic rings. The fourth-order valence-corrected chi connectivity index (χ4v) is 3.80. The molecule has 2 rings (SSSR count). The van der Waals surface area contributed by atoms with E-state index in [0.29, 0.717) is 23.9 Å². The van der Waals surface area contributed by atoms with E-state index < -0.39 is 6.09 Å². The Kier molecular flexibility index (Phi) is 6.16. The summed E-state index contributed by atoms with van der Waals surface area (Å²) >= 11 is 1.58. The quantitative estimate of drug-likeness (QED) is 0.817. The van der Waals surface area contributed by atoms with Crippen LogP contribution in [0.3, 0.4) is 0 Å². The highest BCUT2D eigenvalue weighted by Gasteiger charge is 2.16. The lowest BCUT2D eigenvalue weighted by atomic mass is 10.1. The molecule has 4 nitrogen and oxygen atoms in total. The van der Waals surface area contributed by atoms with E-state index in [9.17, 15) is 4.79 Å². The van der Waals surface area contributed by atoms with Crippen molar-refractivity contribution in [1.29, 1.82) is 0 Å². The number of carbonyl (C=O) groups is 1. The molecule has 0 unspecified atom stereocenters. The second kappa shape index (κ2) is 8.11. The van der Waals surface area contributed by atoms with Crippen LogP contribution < -0.4 is 4.80 Å². The van der Waals surface area contributed by atoms with Crippen LogP contribution in [0.2, 0.25) is 0 Å². The predicted molar refractivity (Wildman–Crippen MR) is 93.9 cm³/mol. The maximum Gasteiger partial charge on any atom is 0.436 e. The Balaban J connectivity index is 2.55. The molecular formula is C18H24N2O2S. The first-order chi connectivity index (χ1) is 11.1. The lowest BCUT2D eigenvalue weighted by Crippen LogP contribution is -2.21. The number of aromatic nitrogens is 1. The molecule has 0 N–H and O–H groups in total. The van der Waals surface area contributed by atoms with Crippen molar-refractivity contribution < 1.29 is 9.53 Å². The summed E-state index contributed by atoms with van der Waals surface area (Å²) in [6.45, 7) is 9.33. The molecule has 1 amide bonds. The molecule has 0 radical (unpaired) electrons. The molecule has 0 bridgehead atoms. The highest BCUT2D eigenvalue weighted by atomic mass is 32.1. The highest BCUT2D eigenvalue weighted by Crippen LogP contribution is 2.23. The van der Waals surface area contributed by atoms with Gasteiger partial charge in [-0.1, -0.05) is 51.1 Å². The van der Waals surface area contributed by atoms with Crippen molar-refractivity contribution in [3.63, 3.8) is 0 Å². The van der Waals surface area contributed by atoms with E-state index in [0.717, 1.165) is 6.42 Å². The van der Waals surface area contributed by atoms with Crippen molar-refractivity contribution in [3.8, 4) is 0 Å². The Morgan fingerprint density at radius 2 is 1.96 bits per heavy atom. The summed E-state index contributed by atoms with van der Waals surface area (Å²) in [6.07, 6.45) is 0.416. The number of aryl methyl sites for hydroxylation is 1. The molecule has 0 saturated heterocycles. The zero-order valence-corrected chi connectivity index (χ0v) is 15.0. The van der Waals surface area contributed by atoms with Gasteiger partial charge in [-0.25, -0.2) is 4.79 Å². The van der Waals surface area contributed by atoms with Gasteiger partial charge in [0.25, 0.3) is 0 Å². The summed E-state index contributed by atoms with van der Waals surface area (Å²) in [7, 11) is 0. The number of ether oxygens (including phenoxy) is 1. The minimum absolute atomic E-state index is 0.337. The molecule has 0 aliphatic carbocycles. The topological polar surface area (TPSA) is 43.6 Å². The predicted octanol–water partition coefficient (Wildman–Crippen LogP) is 4.34. The number of benzene rings is 1. The van der Waals surface area contributed by atoms with Gasteiger partial charge in [-0.2, -0.15) is 0 Å². The van der Waals surface area contributed by atoms with E-state index >= 15 is 0 Å². The maximum atomic E-state index is 11.8. The van der Waals surface area contributed by atoms with Gasteiger partial charge >= 0.3 is 6.09 Å². The van der Waals surface area contributed by atoms with Gasteiger partial charge in [0.2, 0.25) is 0 Å². The molecular weight excluding hydrogens is 308 g/mol. The van der Waals surface area contributed by atoms with E-state index in [1.54, 1.807) is 18.3 Å². The van der Waals surface area contributed by atoms with Gasteiger partial charge in [0.1, 0.15) is 0 Å². The van der Waals surface area contributed by atoms with Crippen molar-refractivity contribution >= 4 is 17.4 Å². The van der Waals surface area contributed by atoms with Gasteiger partial charge in [-0.15, -0.1) is 16.3 Å². The van der Waals surface area contributed by atoms with Gasteiger partial charge in [0, 0.05) is 10.6 Å². The number of hydrogen-bond acceptors (Lipinski definition) is 3. The summed E-state index contributed by atoms with van der Waals surface area (Å²) < 4.78 is 7.14. The number of nitrogens with zero attached hydrogens (tertiary/aromatic N) is 2. The fraction of sp³-hybridized carbons (Fsp3) is 0.444. The molecule has 1 aromatic heterocycles. The summed E-state index contributed by atoms with van der Waals surface area (Å²) in [5.74, 6) is 0.371. The summed E-state index contributed by atoms with van der Waals surface area (Å²) in [5.41, 5.74) is 2.45. The largest absolute Gasteiger partial charge is 0.448 e. The van der Waals surface area contributed by atoms with Crippen LogP contribution in [-0.2, 0) is 17.7 Å². The Bertz CT molecular complexity index is 714. The third kappa shape index (κ3) is 4.32. The second-order valence-corrected chi connectivity index (χ2v) is 6.65. The van der Waals surface area contributed by atoms with E-state index in [4.69, 9.17) is 4.74 Å². The lowest BCUT2D eigenvalue weighted by molar-refractivity contribution is 0.162. The molecule has 1 aromatic carbocycles. The van der Waals surface area contributed by atoms with Gasteiger partial charge in [0.05, 0.1) is 13.2 Å². The van der Waals surface area contributed by atoms with E-state index in [1.807, 2.05) is 18.2 Å². The fourth-order valence-electron chi connectivity index (χ4n) is 2.59. The standard InChI is InChI=1S/C18H24N2O2S/c1-5-15-16(13(3)4)20(12-14-10-8-7-9-11-14)17(23-15)19-18(21)22-6-2/h7-11,13H,5-6,12H2,1-4H3/b19-17-. The molecule has 0 saturated carbocycles. The molecule has 1 heterocycles. The summed E-state index contributed by atoms with van der Waals surface area (Å²) in [4.78, 5) is 18.0. The Hall–Kier alpha value is -1.88. The highest BCUT2D eigenvalue weighted by molar-refractivity contribution is 7.09. The van der Waals surface area contributed by atoms with Gasteiger partial charge < -0.3 is 9.30 Å². The van der Waals surface area contributed by atoms with Crippen molar-refractivity contribution in [1.82, 2.24) is 4.57 Å². The van der Waals surface area contributed by atoms with Crippen LogP contribution in [0.25, 0.3) is 0 Å². The smallest absolute Gasteiger partial charge is 0.436 e. The molecule has 124 valence electrons. The zero-order chi connectivity index (χ0) is 16.8. The average molecular weight is 332 g/mol. The average Bonchev–Trinajstić information content (AvgIpc) is 2.86. The summed E-state index contributed by atoms with van der Waals surface area (Å²) in [6, 6.07) is 10.2. The second-order valence-electron chi connectivity index (χ2n) is 5.58. The van der Waals surface area contributed by atoms with Crippen LogP contribution in [0.1, 0.15) is 49.7 Å². The minimum atomic E-state index is -0.520. The lowest BCUT2D eigenvalue weighted by Gasteiger charge is -2.13. The van der Waals surface area contributed by atoms with Gasteiger partial charge in [-0.05, 0) is 24.8 Å². The molecule has 0 atom stereocenters. The van der Waals surface area contributed by atoms with Crippen molar-refractivity contribution in [2.24, 2.45) is 4.99 Å². The van der Waals surface area contributed by atoms with Crippen molar-refractivity contribution in [2.45, 2.75) is 46.6 Å². The number of amides is 1. The van der Waals surface area contributed by atoms with Crippen LogP contribution in [0.4, 0.5) is 4.79 Å². The third-order valence-corrected chi connectivity index (χ3v) is 4.77. The monoisotopic (exact) mass is 332 g/mol. The van der Waals surface area contributed by atoms with E-state index in [-0.39, 0.29) is 0 Å². The molecule has 0 aliphatic rings. The molecule has 0 spiro atoms. The van der Waals surface area contributed by atoms with E-state index in [1.165, 1.54) is 16.1 Å². The molecule has 5 heteroatoms. The molecule has 0 fully saturated rings. The first kappa shape index (κ1) is 17.5. The van der Waals surface area contributed by atoms with Crippen LogP contribution in [-0.4, -0.2) is 17.3 Å². The van der Waals surface area contributed by atoms with Crippen LogP contribution in [0, 0.1) is 0 Å². The zero-order valence-electron chi connectivity index (χ0n) is 14.2. The number of hydrogen-bond donors (Lipinski definition) is 0. The number of carbonyl (C=O) groups excluding carboxylic acids is 1. The summed E-state index contributed by atoms with van der Waals surface area (Å²) in [5, 5.41) is 0. The van der Waals surface area contributed by atoms with E-state index in [2.05, 4.69) is 42.5 Å². The third-order valence-electron chi connectivity index (χ3n) is 3.53. The molecule has 23 heavy (non-hydrogen) atoms. The SMILES string of the molecule is CCOC(=O)/N=c1\sc(CC)c(C(C)C)n1Cc1ccccc1. The van der Waals surface area contributed by atoms with Gasteiger partial charge in [-0.3, -0.25) is 0 Å². The first-order valence-electron chi connectivity index (χ1n) is 8.04. The van der Waals surface area contributed by atoms with Gasteiger partial charge in [0.15, 0.2) is 4.80 Å². The van der Waals surface area contributed by atoms with Crippen molar-refractivity contribution in [2.75, 3.05) is 6.61 Å². The normalized spacial score (nSPS) is 12.0. The van der Waals surface area contributed by atoms with Crippen LogP contribution in [0.5, 0.6) is 0 Å².